The number of hydrogen-bond acceptors (Lipinski definition) is 3. The molecule has 0 unspecified atom stereocenters. The Bertz CT molecular complexity index is 312. The molecule has 0 spiro atoms. The molecule has 0 aromatic heterocycles. The lowest BCUT2D eigenvalue weighted by Crippen LogP contribution is -2.02. The Labute approximate surface area is 84.0 Å². The zero-order valence-electron chi connectivity index (χ0n) is 6.50. The van der Waals surface area contributed by atoms with Gasteiger partial charge in [-0.2, -0.15) is 0 Å². The number of anilines is 1. The topological polar surface area (TPSA) is 52.3 Å². The van der Waals surface area contributed by atoms with Crippen molar-refractivity contribution in [1.29, 1.82) is 0 Å². The summed E-state index contributed by atoms with van der Waals surface area (Å²) >= 11 is 2.10. The van der Waals surface area contributed by atoms with Crippen LogP contribution >= 0.6 is 22.6 Å². The normalized spacial score (nSPS) is 9.50. The minimum Gasteiger partial charge on any atom is -0.465 e. The number of ether oxygens (including phenoxy) is 1. The third kappa shape index (κ3) is 1.88. The molecule has 0 amide bonds. The van der Waals surface area contributed by atoms with Crippen molar-refractivity contribution in [2.24, 2.45) is 0 Å². The van der Waals surface area contributed by atoms with Gasteiger partial charge in [-0.05, 0) is 40.8 Å². The van der Waals surface area contributed by atoms with Gasteiger partial charge in [0.1, 0.15) is 0 Å². The number of rotatable bonds is 1. The lowest BCUT2D eigenvalue weighted by atomic mass is 10.2. The van der Waals surface area contributed by atoms with E-state index in [1.807, 2.05) is 0 Å². The molecule has 3 nitrogen and oxygen atoms in total. The van der Waals surface area contributed by atoms with Crippen LogP contribution in [0.5, 0.6) is 0 Å². The Morgan fingerprint density at radius 3 is 2.75 bits per heavy atom. The summed E-state index contributed by atoms with van der Waals surface area (Å²) in [7, 11) is 1.34. The highest BCUT2D eigenvalue weighted by Crippen LogP contribution is 2.16. The molecule has 12 heavy (non-hydrogen) atoms. The Morgan fingerprint density at radius 1 is 1.58 bits per heavy atom. The molecule has 0 aliphatic heterocycles. The largest absolute Gasteiger partial charge is 0.465 e. The summed E-state index contributed by atoms with van der Waals surface area (Å²) < 4.78 is 5.46. The van der Waals surface area contributed by atoms with E-state index >= 15 is 0 Å². The van der Waals surface area contributed by atoms with E-state index in [9.17, 15) is 4.79 Å². The van der Waals surface area contributed by atoms with Gasteiger partial charge in [-0.3, -0.25) is 0 Å². The molecule has 0 bridgehead atoms. The highest BCUT2D eigenvalue weighted by molar-refractivity contribution is 14.1. The molecule has 0 fully saturated rings. The fourth-order valence-corrected chi connectivity index (χ4v) is 1.12. The van der Waals surface area contributed by atoms with Gasteiger partial charge < -0.3 is 10.5 Å². The Balaban J connectivity index is 3.05. The quantitative estimate of drug-likeness (QED) is 0.482. The maximum atomic E-state index is 11.0. The van der Waals surface area contributed by atoms with Crippen LogP contribution in [0.2, 0.25) is 0 Å². The van der Waals surface area contributed by atoms with Crippen molar-refractivity contribution < 1.29 is 9.53 Å². The van der Waals surface area contributed by atoms with Crippen LogP contribution in [0.1, 0.15) is 10.4 Å². The van der Waals surface area contributed by atoms with Crippen LogP contribution < -0.4 is 5.73 Å². The summed E-state index contributed by atoms with van der Waals surface area (Å²) in [5.74, 6) is -0.363. The lowest BCUT2D eigenvalue weighted by Gasteiger charge is -2.01. The molecule has 0 heterocycles. The van der Waals surface area contributed by atoms with Crippen molar-refractivity contribution >= 4 is 34.2 Å². The van der Waals surface area contributed by atoms with Crippen molar-refractivity contribution in [2.45, 2.75) is 0 Å². The second-order valence-corrected chi connectivity index (χ2v) is 3.39. The number of carbonyl (C=O) groups excluding carboxylic acids is 1. The molecule has 0 radical (unpaired) electrons. The zero-order valence-corrected chi connectivity index (χ0v) is 8.66. The first-order chi connectivity index (χ1) is 5.65. The van der Waals surface area contributed by atoms with Gasteiger partial charge >= 0.3 is 5.97 Å². The fourth-order valence-electron chi connectivity index (χ4n) is 0.789. The van der Waals surface area contributed by atoms with Crippen LogP contribution in [0.15, 0.2) is 18.2 Å². The predicted molar refractivity (Wildman–Crippen MR) is 54.9 cm³/mol. The van der Waals surface area contributed by atoms with Crippen molar-refractivity contribution in [3.8, 4) is 0 Å². The maximum absolute atomic E-state index is 11.0. The summed E-state index contributed by atoms with van der Waals surface area (Å²) in [5.41, 5.74) is 6.68. The molecular weight excluding hydrogens is 269 g/mol. The molecule has 0 saturated heterocycles. The predicted octanol–water partition coefficient (Wildman–Crippen LogP) is 1.66. The number of carbonyl (C=O) groups is 1. The van der Waals surface area contributed by atoms with Gasteiger partial charge in [-0.25, -0.2) is 4.79 Å². The molecule has 0 aliphatic carbocycles. The zero-order chi connectivity index (χ0) is 9.14. The summed E-state index contributed by atoms with van der Waals surface area (Å²) in [5, 5.41) is 0. The second kappa shape index (κ2) is 3.75. The molecule has 4 heteroatoms. The van der Waals surface area contributed by atoms with Gasteiger partial charge in [0.2, 0.25) is 0 Å². The van der Waals surface area contributed by atoms with Gasteiger partial charge in [-0.15, -0.1) is 0 Å². The van der Waals surface area contributed by atoms with Crippen LogP contribution in [0.25, 0.3) is 0 Å². The van der Waals surface area contributed by atoms with Gasteiger partial charge in [-0.1, -0.05) is 0 Å². The van der Waals surface area contributed by atoms with Crippen LogP contribution in [-0.4, -0.2) is 13.1 Å². The lowest BCUT2D eigenvalue weighted by molar-refractivity contribution is 0.0601. The number of esters is 1. The Hall–Kier alpha value is -0.780. The first-order valence-electron chi connectivity index (χ1n) is 3.28. The summed E-state index contributed by atoms with van der Waals surface area (Å²) in [4.78, 5) is 11.0. The van der Waals surface area contributed by atoms with Gasteiger partial charge in [0, 0.05) is 9.26 Å². The summed E-state index contributed by atoms with van der Waals surface area (Å²) in [6.07, 6.45) is 0. The van der Waals surface area contributed by atoms with Crippen LogP contribution in [-0.2, 0) is 4.74 Å². The highest BCUT2D eigenvalue weighted by Gasteiger charge is 2.05. The van der Waals surface area contributed by atoms with Crippen LogP contribution in [0.4, 0.5) is 5.69 Å². The molecule has 1 rings (SSSR count). The molecule has 64 valence electrons. The summed E-state index contributed by atoms with van der Waals surface area (Å²) in [6.45, 7) is 0. The van der Waals surface area contributed by atoms with E-state index < -0.39 is 0 Å². The SMILES string of the molecule is COC(=O)c1ccc(I)c(N)c1. The van der Waals surface area contributed by atoms with Gasteiger partial charge in [0.05, 0.1) is 12.7 Å². The van der Waals surface area contributed by atoms with E-state index in [1.165, 1.54) is 7.11 Å². The molecule has 0 saturated carbocycles. The van der Waals surface area contributed by atoms with Crippen molar-refractivity contribution in [2.75, 3.05) is 12.8 Å². The average Bonchev–Trinajstić information content (AvgIpc) is 2.08. The Morgan fingerprint density at radius 2 is 2.25 bits per heavy atom. The van der Waals surface area contributed by atoms with Crippen molar-refractivity contribution in [3.05, 3.63) is 27.3 Å². The van der Waals surface area contributed by atoms with E-state index in [4.69, 9.17) is 5.73 Å². The molecule has 1 aromatic carbocycles. The first-order valence-corrected chi connectivity index (χ1v) is 4.36. The smallest absolute Gasteiger partial charge is 0.337 e. The minimum absolute atomic E-state index is 0.363. The highest BCUT2D eigenvalue weighted by atomic mass is 127. The number of methoxy groups -OCH3 is 1. The third-order valence-corrected chi connectivity index (χ3v) is 2.40. The molecule has 1 aromatic rings. The number of nitrogen functional groups attached to an aromatic ring is 1. The van der Waals surface area contributed by atoms with E-state index in [2.05, 4.69) is 27.3 Å². The van der Waals surface area contributed by atoms with Crippen molar-refractivity contribution in [3.63, 3.8) is 0 Å². The van der Waals surface area contributed by atoms with Gasteiger partial charge in [0.15, 0.2) is 0 Å². The number of benzene rings is 1. The fraction of sp³-hybridized carbons (Fsp3) is 0.125. The Kier molecular flexibility index (Phi) is 2.91. The standard InChI is InChI=1S/C8H8INO2/c1-12-8(11)5-2-3-6(9)7(10)4-5/h2-4H,10H2,1H3. The summed E-state index contributed by atoms with van der Waals surface area (Å²) in [6, 6.07) is 5.07. The third-order valence-electron chi connectivity index (χ3n) is 1.42. The average molecular weight is 277 g/mol. The van der Waals surface area contributed by atoms with Gasteiger partial charge in [0.25, 0.3) is 0 Å². The van der Waals surface area contributed by atoms with E-state index in [-0.39, 0.29) is 5.97 Å². The second-order valence-electron chi connectivity index (χ2n) is 2.23. The minimum atomic E-state index is -0.363. The number of halogens is 1. The van der Waals surface area contributed by atoms with Crippen LogP contribution in [0, 0.1) is 3.57 Å². The number of hydrogen-bond donors (Lipinski definition) is 1. The molecule has 0 aliphatic rings. The van der Waals surface area contributed by atoms with E-state index in [1.54, 1.807) is 18.2 Å². The first kappa shape index (κ1) is 9.31. The van der Waals surface area contributed by atoms with Crippen molar-refractivity contribution in [1.82, 2.24) is 0 Å². The monoisotopic (exact) mass is 277 g/mol. The van der Waals surface area contributed by atoms with E-state index in [0.717, 1.165) is 3.57 Å². The molecule has 0 atom stereocenters. The maximum Gasteiger partial charge on any atom is 0.337 e. The van der Waals surface area contributed by atoms with Crippen LogP contribution in [0.3, 0.4) is 0 Å². The van der Waals surface area contributed by atoms with E-state index in [0.29, 0.717) is 11.3 Å². The molecule has 2 N–H and O–H groups in total. The molecular formula is C8H8INO2. The number of nitrogens with two attached hydrogens (primary N) is 1.